The van der Waals surface area contributed by atoms with E-state index in [4.69, 9.17) is 0 Å². The van der Waals surface area contributed by atoms with Crippen LogP contribution in [0.15, 0.2) is 78.0 Å². The highest BCUT2D eigenvalue weighted by molar-refractivity contribution is 7.90. The second-order valence-electron chi connectivity index (χ2n) is 8.20. The maximum atomic E-state index is 12.9. The van der Waals surface area contributed by atoms with Crippen LogP contribution in [-0.2, 0) is 9.84 Å². The Morgan fingerprint density at radius 2 is 1.59 bits per heavy atom. The van der Waals surface area contributed by atoms with Crippen LogP contribution < -0.4 is 0 Å². The van der Waals surface area contributed by atoms with Gasteiger partial charge in [-0.3, -0.25) is 14.7 Å². The lowest BCUT2D eigenvalue weighted by Gasteiger charge is -2.40. The summed E-state index contributed by atoms with van der Waals surface area (Å²) >= 11 is 0. The van der Waals surface area contributed by atoms with Gasteiger partial charge in [-0.05, 0) is 35.7 Å². The highest BCUT2D eigenvalue weighted by Gasteiger charge is 2.31. The number of aromatic nitrogens is 1. The van der Waals surface area contributed by atoms with Crippen LogP contribution in [0, 0.1) is 6.92 Å². The van der Waals surface area contributed by atoms with Crippen molar-refractivity contribution in [3.63, 3.8) is 0 Å². The summed E-state index contributed by atoms with van der Waals surface area (Å²) in [7, 11) is -3.39. The maximum absolute atomic E-state index is 12.9. The second-order valence-corrected chi connectivity index (χ2v) is 10.2. The Hall–Kier alpha value is -3.03. The number of hydrogen-bond donors (Lipinski definition) is 0. The van der Waals surface area contributed by atoms with Gasteiger partial charge in [-0.2, -0.15) is 0 Å². The Balaban J connectivity index is 1.62. The van der Waals surface area contributed by atoms with Crippen LogP contribution in [0.1, 0.15) is 33.1 Å². The fraction of sp³-hybridized carbons (Fsp3) is 0.280. The van der Waals surface area contributed by atoms with Crippen LogP contribution in [0.4, 0.5) is 0 Å². The molecule has 1 aliphatic rings. The molecule has 0 spiro atoms. The number of carbonyl (C=O) groups is 1. The number of nitrogens with zero attached hydrogens (tertiary/aromatic N) is 3. The Morgan fingerprint density at radius 1 is 0.938 bits per heavy atom. The van der Waals surface area contributed by atoms with Crippen LogP contribution in [0.25, 0.3) is 0 Å². The molecule has 1 unspecified atom stereocenters. The van der Waals surface area contributed by atoms with E-state index in [2.05, 4.69) is 9.88 Å². The summed E-state index contributed by atoms with van der Waals surface area (Å²) in [4.78, 5) is 21.5. The molecule has 4 rings (SSSR count). The molecule has 1 aliphatic heterocycles. The number of carbonyl (C=O) groups excluding carboxylic acids is 1. The fourth-order valence-corrected chi connectivity index (χ4v) is 5.24. The minimum absolute atomic E-state index is 0.0198. The molecule has 32 heavy (non-hydrogen) atoms. The SMILES string of the molecule is Cc1cncc(C(=O)N2CCN(C(c3ccccc3)c3ccccc3S(C)(=O)=O)CC2)c1. The minimum atomic E-state index is -3.39. The first kappa shape index (κ1) is 22.2. The van der Waals surface area contributed by atoms with E-state index in [1.54, 1.807) is 24.5 Å². The van der Waals surface area contributed by atoms with E-state index in [-0.39, 0.29) is 11.9 Å². The molecule has 3 aromatic rings. The molecule has 0 aliphatic carbocycles. The summed E-state index contributed by atoms with van der Waals surface area (Å²) < 4.78 is 25.0. The summed E-state index contributed by atoms with van der Waals surface area (Å²) in [6.07, 6.45) is 4.59. The first-order chi connectivity index (χ1) is 15.3. The molecule has 0 radical (unpaired) electrons. The number of rotatable bonds is 5. The highest BCUT2D eigenvalue weighted by Crippen LogP contribution is 2.33. The van der Waals surface area contributed by atoms with Crippen LogP contribution in [0.2, 0.25) is 0 Å². The molecule has 0 N–H and O–H groups in total. The minimum Gasteiger partial charge on any atom is -0.336 e. The topological polar surface area (TPSA) is 70.6 Å². The average Bonchev–Trinajstić information content (AvgIpc) is 2.80. The maximum Gasteiger partial charge on any atom is 0.255 e. The molecular formula is C25H27N3O3S. The van der Waals surface area contributed by atoms with Crippen molar-refractivity contribution in [1.82, 2.24) is 14.8 Å². The van der Waals surface area contributed by atoms with Gasteiger partial charge in [0.2, 0.25) is 0 Å². The van der Waals surface area contributed by atoms with E-state index in [1.165, 1.54) is 6.26 Å². The molecule has 1 atom stereocenters. The van der Waals surface area contributed by atoms with Gasteiger partial charge in [0, 0.05) is 44.8 Å². The van der Waals surface area contributed by atoms with Crippen molar-refractivity contribution in [1.29, 1.82) is 0 Å². The molecular weight excluding hydrogens is 422 g/mol. The van der Waals surface area contributed by atoms with Crippen LogP contribution in [0.5, 0.6) is 0 Å². The Kier molecular flexibility index (Phi) is 6.39. The number of piperazine rings is 1. The molecule has 2 heterocycles. The number of amides is 1. The molecule has 0 saturated carbocycles. The predicted octanol–water partition coefficient (Wildman–Crippen LogP) is 3.34. The van der Waals surface area contributed by atoms with Crippen molar-refractivity contribution in [2.45, 2.75) is 17.9 Å². The zero-order chi connectivity index (χ0) is 22.7. The van der Waals surface area contributed by atoms with E-state index < -0.39 is 9.84 Å². The lowest BCUT2D eigenvalue weighted by atomic mass is 9.96. The molecule has 1 saturated heterocycles. The number of hydrogen-bond acceptors (Lipinski definition) is 5. The molecule has 166 valence electrons. The lowest BCUT2D eigenvalue weighted by Crippen LogP contribution is -2.50. The van der Waals surface area contributed by atoms with E-state index in [0.717, 1.165) is 16.7 Å². The van der Waals surface area contributed by atoms with Gasteiger partial charge in [0.25, 0.3) is 5.91 Å². The fourth-order valence-electron chi connectivity index (χ4n) is 4.30. The van der Waals surface area contributed by atoms with E-state index in [0.29, 0.717) is 36.6 Å². The summed E-state index contributed by atoms with van der Waals surface area (Å²) in [5.74, 6) is -0.0198. The van der Waals surface area contributed by atoms with E-state index >= 15 is 0 Å². The average molecular weight is 450 g/mol. The highest BCUT2D eigenvalue weighted by atomic mass is 32.2. The van der Waals surface area contributed by atoms with Gasteiger partial charge in [0.15, 0.2) is 9.84 Å². The Labute approximate surface area is 189 Å². The Morgan fingerprint density at radius 3 is 2.25 bits per heavy atom. The van der Waals surface area contributed by atoms with Crippen molar-refractivity contribution in [2.24, 2.45) is 0 Å². The molecule has 6 nitrogen and oxygen atoms in total. The smallest absolute Gasteiger partial charge is 0.255 e. The van der Waals surface area contributed by atoms with Crippen molar-refractivity contribution < 1.29 is 13.2 Å². The van der Waals surface area contributed by atoms with Crippen molar-refractivity contribution in [3.05, 3.63) is 95.3 Å². The number of pyridine rings is 1. The van der Waals surface area contributed by atoms with Gasteiger partial charge in [0.05, 0.1) is 16.5 Å². The third-order valence-electron chi connectivity index (χ3n) is 5.82. The van der Waals surface area contributed by atoms with Gasteiger partial charge in [-0.1, -0.05) is 48.5 Å². The van der Waals surface area contributed by atoms with Crippen LogP contribution in [-0.4, -0.2) is 61.5 Å². The predicted molar refractivity (Wildman–Crippen MR) is 124 cm³/mol. The van der Waals surface area contributed by atoms with Gasteiger partial charge < -0.3 is 4.90 Å². The summed E-state index contributed by atoms with van der Waals surface area (Å²) in [5, 5.41) is 0. The third kappa shape index (κ3) is 4.74. The molecule has 2 aromatic carbocycles. The number of aryl methyl sites for hydroxylation is 1. The standard InChI is InChI=1S/C25H27N3O3S/c1-19-16-21(18-26-17-19)25(29)28-14-12-27(13-15-28)24(20-8-4-3-5-9-20)22-10-6-7-11-23(22)32(2,30)31/h3-11,16-18,24H,12-15H2,1-2H3. The molecule has 1 fully saturated rings. The molecule has 1 aromatic heterocycles. The first-order valence-electron chi connectivity index (χ1n) is 10.6. The normalized spacial score (nSPS) is 16.0. The van der Waals surface area contributed by atoms with Gasteiger partial charge in [0.1, 0.15) is 0 Å². The zero-order valence-corrected chi connectivity index (χ0v) is 19.1. The molecule has 7 heteroatoms. The van der Waals surface area contributed by atoms with Crippen LogP contribution >= 0.6 is 0 Å². The van der Waals surface area contributed by atoms with Crippen molar-refractivity contribution in [3.8, 4) is 0 Å². The van der Waals surface area contributed by atoms with Gasteiger partial charge >= 0.3 is 0 Å². The quantitative estimate of drug-likeness (QED) is 0.598. The largest absolute Gasteiger partial charge is 0.336 e. The number of benzene rings is 2. The van der Waals surface area contributed by atoms with E-state index in [9.17, 15) is 13.2 Å². The number of sulfone groups is 1. The van der Waals surface area contributed by atoms with Crippen LogP contribution in [0.3, 0.4) is 0 Å². The lowest BCUT2D eigenvalue weighted by molar-refractivity contribution is 0.0595. The monoisotopic (exact) mass is 449 g/mol. The zero-order valence-electron chi connectivity index (χ0n) is 18.3. The Bertz CT molecular complexity index is 1200. The van der Waals surface area contributed by atoms with Gasteiger partial charge in [-0.25, -0.2) is 8.42 Å². The molecule has 0 bridgehead atoms. The summed E-state index contributed by atoms with van der Waals surface area (Å²) in [5.41, 5.74) is 3.35. The van der Waals surface area contributed by atoms with Gasteiger partial charge in [-0.15, -0.1) is 0 Å². The van der Waals surface area contributed by atoms with Crippen molar-refractivity contribution in [2.75, 3.05) is 32.4 Å². The third-order valence-corrected chi connectivity index (χ3v) is 6.99. The molecule has 1 amide bonds. The van der Waals surface area contributed by atoms with E-state index in [1.807, 2.05) is 60.4 Å². The summed E-state index contributed by atoms with van der Waals surface area (Å²) in [6.45, 7) is 4.34. The summed E-state index contributed by atoms with van der Waals surface area (Å²) in [6, 6.07) is 18.8. The van der Waals surface area contributed by atoms with Crippen molar-refractivity contribution >= 4 is 15.7 Å². The first-order valence-corrected chi connectivity index (χ1v) is 12.5. The second kappa shape index (κ2) is 9.22.